The van der Waals surface area contributed by atoms with E-state index < -0.39 is 12.0 Å². The monoisotopic (exact) mass is 504 g/mol. The summed E-state index contributed by atoms with van der Waals surface area (Å²) in [6.45, 7) is 1.44. The van der Waals surface area contributed by atoms with Gasteiger partial charge in [0.15, 0.2) is 11.5 Å². The quantitative estimate of drug-likeness (QED) is 0.435. The minimum Gasteiger partial charge on any atom is -0.493 e. The van der Waals surface area contributed by atoms with E-state index in [1.807, 2.05) is 12.1 Å². The molecule has 37 heavy (non-hydrogen) atoms. The van der Waals surface area contributed by atoms with Gasteiger partial charge in [0.05, 0.1) is 38.6 Å². The number of hydrogen-bond acceptors (Lipinski definition) is 7. The molecule has 1 amide bonds. The molecule has 0 spiro atoms. The Hall–Kier alpha value is -4.53. The van der Waals surface area contributed by atoms with Gasteiger partial charge in [0.1, 0.15) is 0 Å². The zero-order chi connectivity index (χ0) is 26.7. The standard InChI is InChI=1S/C28H28N2O7/c1-15(31)29-21-11-7-17-13-24(35-2)26(36-3)27(37-4)25(17)19-10-12-22(23(32)14-20(19)21)30-18-8-5-16(6-9-18)28(33)34/h5-6,8-10,12-14,21H,7,11H2,1-4H3,(H,29,31)(H,30,32)(H,33,34)/t21-/m0/s1. The van der Waals surface area contributed by atoms with Gasteiger partial charge in [-0.3, -0.25) is 9.59 Å². The predicted octanol–water partition coefficient (Wildman–Crippen LogP) is 4.30. The van der Waals surface area contributed by atoms with E-state index in [2.05, 4.69) is 10.6 Å². The highest BCUT2D eigenvalue weighted by atomic mass is 16.5. The number of carbonyl (C=O) groups excluding carboxylic acids is 1. The fourth-order valence-electron chi connectivity index (χ4n) is 4.66. The molecule has 1 aliphatic rings. The number of ether oxygens (including phenoxy) is 3. The Balaban J connectivity index is 1.93. The third-order valence-corrected chi connectivity index (χ3v) is 6.33. The number of hydrogen-bond donors (Lipinski definition) is 3. The van der Waals surface area contributed by atoms with Crippen LogP contribution < -0.4 is 30.3 Å². The van der Waals surface area contributed by atoms with Crippen LogP contribution in [0, 0.1) is 0 Å². The van der Waals surface area contributed by atoms with Gasteiger partial charge in [-0.1, -0.05) is 6.07 Å². The topological polar surface area (TPSA) is 123 Å². The van der Waals surface area contributed by atoms with Crippen LogP contribution in [0.3, 0.4) is 0 Å². The fraction of sp³-hybridized carbons (Fsp3) is 0.250. The molecule has 0 unspecified atom stereocenters. The lowest BCUT2D eigenvalue weighted by Gasteiger charge is -2.19. The summed E-state index contributed by atoms with van der Waals surface area (Å²) in [4.78, 5) is 36.6. The van der Waals surface area contributed by atoms with Crippen LogP contribution in [-0.2, 0) is 11.2 Å². The number of methoxy groups -OCH3 is 3. The van der Waals surface area contributed by atoms with Crippen LogP contribution in [0.2, 0.25) is 0 Å². The first-order chi connectivity index (χ1) is 17.8. The molecule has 9 heteroatoms. The van der Waals surface area contributed by atoms with Crippen molar-refractivity contribution in [3.63, 3.8) is 0 Å². The lowest BCUT2D eigenvalue weighted by Crippen LogP contribution is -2.26. The molecule has 0 radical (unpaired) electrons. The Labute approximate surface area is 214 Å². The van der Waals surface area contributed by atoms with Gasteiger partial charge in [0.25, 0.3) is 0 Å². The molecule has 0 fully saturated rings. The summed E-state index contributed by atoms with van der Waals surface area (Å²) in [6.07, 6.45) is 1.16. The number of aryl methyl sites for hydroxylation is 1. The van der Waals surface area contributed by atoms with Gasteiger partial charge in [0.2, 0.25) is 17.1 Å². The predicted molar refractivity (Wildman–Crippen MR) is 139 cm³/mol. The lowest BCUT2D eigenvalue weighted by molar-refractivity contribution is -0.119. The molecule has 0 heterocycles. The molecular weight excluding hydrogens is 476 g/mol. The van der Waals surface area contributed by atoms with Crippen molar-refractivity contribution < 1.29 is 28.9 Å². The molecular formula is C28H28N2O7. The van der Waals surface area contributed by atoms with Crippen molar-refractivity contribution in [1.82, 2.24) is 5.32 Å². The Morgan fingerprint density at radius 2 is 1.65 bits per heavy atom. The highest BCUT2D eigenvalue weighted by Crippen LogP contribution is 2.50. The smallest absolute Gasteiger partial charge is 0.335 e. The highest BCUT2D eigenvalue weighted by molar-refractivity contribution is 5.88. The van der Waals surface area contributed by atoms with Crippen LogP contribution in [0.1, 0.15) is 40.9 Å². The highest BCUT2D eigenvalue weighted by Gasteiger charge is 2.29. The number of carboxylic acids is 1. The van der Waals surface area contributed by atoms with E-state index in [1.54, 1.807) is 32.4 Å². The molecule has 0 aromatic heterocycles. The van der Waals surface area contributed by atoms with Crippen LogP contribution >= 0.6 is 0 Å². The average Bonchev–Trinajstić information content (AvgIpc) is 3.12. The number of carboxylic acid groups (broad SMARTS) is 1. The van der Waals surface area contributed by atoms with Crippen molar-refractivity contribution in [2.75, 3.05) is 26.6 Å². The van der Waals surface area contributed by atoms with Crippen molar-refractivity contribution in [3.05, 3.63) is 75.4 Å². The third kappa shape index (κ3) is 5.06. The van der Waals surface area contributed by atoms with E-state index in [9.17, 15) is 14.4 Å². The van der Waals surface area contributed by atoms with Gasteiger partial charge in [-0.25, -0.2) is 4.79 Å². The van der Waals surface area contributed by atoms with Gasteiger partial charge < -0.3 is 30.0 Å². The Morgan fingerprint density at radius 3 is 2.24 bits per heavy atom. The summed E-state index contributed by atoms with van der Waals surface area (Å²) >= 11 is 0. The molecule has 4 rings (SSSR count). The largest absolute Gasteiger partial charge is 0.493 e. The molecule has 0 bridgehead atoms. The van der Waals surface area contributed by atoms with Gasteiger partial charge >= 0.3 is 5.97 Å². The van der Waals surface area contributed by atoms with Crippen LogP contribution in [0.4, 0.5) is 11.4 Å². The molecule has 1 atom stereocenters. The van der Waals surface area contributed by atoms with E-state index in [4.69, 9.17) is 19.3 Å². The summed E-state index contributed by atoms with van der Waals surface area (Å²) in [7, 11) is 4.63. The molecule has 0 saturated carbocycles. The normalized spacial score (nSPS) is 13.9. The van der Waals surface area contributed by atoms with Gasteiger partial charge in [-0.05, 0) is 72.0 Å². The van der Waals surface area contributed by atoms with Crippen molar-refractivity contribution >= 4 is 23.3 Å². The Kier molecular flexibility index (Phi) is 7.33. The number of nitrogens with one attached hydrogen (secondary N) is 2. The Morgan fingerprint density at radius 1 is 0.946 bits per heavy atom. The van der Waals surface area contributed by atoms with Crippen LogP contribution in [0.5, 0.6) is 17.2 Å². The molecule has 3 N–H and O–H groups in total. The van der Waals surface area contributed by atoms with Gasteiger partial charge in [-0.2, -0.15) is 0 Å². The maximum absolute atomic E-state index is 13.4. The summed E-state index contributed by atoms with van der Waals surface area (Å²) in [5.74, 6) is 0.182. The SMILES string of the molecule is COc1cc2c(c(OC)c1OC)-c1ccc(Nc3ccc(C(=O)O)cc3)c(=O)cc1[C@@H](NC(C)=O)CC2. The molecule has 192 valence electrons. The van der Waals surface area contributed by atoms with E-state index in [1.165, 1.54) is 32.2 Å². The number of fused-ring (bicyclic) bond motifs is 3. The van der Waals surface area contributed by atoms with Crippen LogP contribution in [0.15, 0.2) is 53.3 Å². The van der Waals surface area contributed by atoms with Crippen molar-refractivity contribution in [2.45, 2.75) is 25.8 Å². The maximum Gasteiger partial charge on any atom is 0.335 e. The number of anilines is 2. The van der Waals surface area contributed by atoms with Gasteiger partial charge in [0, 0.05) is 18.2 Å². The minimum absolute atomic E-state index is 0.143. The van der Waals surface area contributed by atoms with Crippen LogP contribution in [-0.4, -0.2) is 38.3 Å². The fourth-order valence-corrected chi connectivity index (χ4v) is 4.66. The van der Waals surface area contributed by atoms with Crippen molar-refractivity contribution in [2.24, 2.45) is 0 Å². The molecule has 1 aliphatic carbocycles. The molecule has 3 aromatic carbocycles. The zero-order valence-corrected chi connectivity index (χ0v) is 21.0. The van der Waals surface area contributed by atoms with E-state index >= 15 is 0 Å². The number of benzene rings is 2. The van der Waals surface area contributed by atoms with Crippen molar-refractivity contribution in [1.29, 1.82) is 0 Å². The van der Waals surface area contributed by atoms with Gasteiger partial charge in [-0.15, -0.1) is 0 Å². The second-order valence-corrected chi connectivity index (χ2v) is 8.60. The lowest BCUT2D eigenvalue weighted by atomic mass is 9.95. The summed E-state index contributed by atoms with van der Waals surface area (Å²) < 4.78 is 16.9. The molecule has 0 aliphatic heterocycles. The first-order valence-corrected chi connectivity index (χ1v) is 11.6. The molecule has 0 saturated heterocycles. The maximum atomic E-state index is 13.4. The van der Waals surface area contributed by atoms with Crippen LogP contribution in [0.25, 0.3) is 11.1 Å². The third-order valence-electron chi connectivity index (χ3n) is 6.33. The summed E-state index contributed by atoms with van der Waals surface area (Å²) in [5, 5.41) is 15.2. The number of rotatable bonds is 7. The number of amides is 1. The zero-order valence-electron chi connectivity index (χ0n) is 21.0. The number of aromatic carboxylic acids is 1. The van der Waals surface area contributed by atoms with E-state index in [0.717, 1.165) is 16.7 Å². The first-order valence-electron chi connectivity index (χ1n) is 11.6. The average molecular weight is 505 g/mol. The first kappa shape index (κ1) is 25.6. The second-order valence-electron chi connectivity index (χ2n) is 8.60. The summed E-state index contributed by atoms with van der Waals surface area (Å²) in [6, 6.07) is 12.6. The second kappa shape index (κ2) is 10.6. The number of carbonyl (C=O) groups is 2. The van der Waals surface area contributed by atoms with E-state index in [0.29, 0.717) is 47.0 Å². The van der Waals surface area contributed by atoms with Crippen molar-refractivity contribution in [3.8, 4) is 28.4 Å². The Bertz CT molecular complexity index is 1420. The molecule has 9 nitrogen and oxygen atoms in total. The summed E-state index contributed by atoms with van der Waals surface area (Å²) in [5.41, 5.74) is 3.77. The van der Waals surface area contributed by atoms with E-state index in [-0.39, 0.29) is 16.9 Å². The molecule has 3 aromatic rings. The minimum atomic E-state index is -1.03.